The van der Waals surface area contributed by atoms with E-state index in [2.05, 4.69) is 15.3 Å². The van der Waals surface area contributed by atoms with Crippen LogP contribution in [0.25, 0.3) is 10.8 Å². The number of rotatable bonds is 3. The monoisotopic (exact) mass is 283 g/mol. The maximum Gasteiger partial charge on any atom is 0.326 e. The molecule has 2 fully saturated rings. The van der Waals surface area contributed by atoms with Crippen molar-refractivity contribution in [1.29, 1.82) is 0 Å². The highest BCUT2D eigenvalue weighted by molar-refractivity contribution is 5.97. The van der Waals surface area contributed by atoms with Crippen molar-refractivity contribution in [2.24, 2.45) is 0 Å². The van der Waals surface area contributed by atoms with Crippen molar-refractivity contribution in [3.05, 3.63) is 24.5 Å². The molecule has 0 atom stereocenters. The normalized spacial score (nSPS) is 18.6. The van der Waals surface area contributed by atoms with Gasteiger partial charge < -0.3 is 10.2 Å². The molecule has 1 N–H and O–H groups in total. The van der Waals surface area contributed by atoms with Gasteiger partial charge in [0, 0.05) is 44.0 Å². The molecule has 6 heteroatoms. The third kappa shape index (κ3) is 1.98. The van der Waals surface area contributed by atoms with E-state index in [0.29, 0.717) is 6.04 Å². The molecule has 1 saturated heterocycles. The molecule has 2 amide bonds. The molecule has 21 heavy (non-hydrogen) atoms. The van der Waals surface area contributed by atoms with E-state index in [1.807, 2.05) is 24.1 Å². The Balaban J connectivity index is 1.69. The number of hydrogen-bond donors (Lipinski definition) is 1. The van der Waals surface area contributed by atoms with E-state index in [0.717, 1.165) is 48.3 Å². The molecule has 1 aliphatic heterocycles. The van der Waals surface area contributed by atoms with E-state index in [4.69, 9.17) is 0 Å². The van der Waals surface area contributed by atoms with Crippen molar-refractivity contribution in [1.82, 2.24) is 14.9 Å². The minimum atomic E-state index is 0.0900. The number of hydrogen-bond acceptors (Lipinski definition) is 4. The molecule has 1 aliphatic carbocycles. The van der Waals surface area contributed by atoms with Gasteiger partial charge in [-0.1, -0.05) is 0 Å². The van der Waals surface area contributed by atoms with E-state index in [1.54, 1.807) is 17.3 Å². The lowest BCUT2D eigenvalue weighted by molar-refractivity contribution is 0.218. The number of amides is 2. The average molecular weight is 283 g/mol. The first kappa shape index (κ1) is 12.4. The van der Waals surface area contributed by atoms with Crippen LogP contribution in [-0.2, 0) is 0 Å². The third-order valence-corrected chi connectivity index (χ3v) is 4.18. The summed E-state index contributed by atoms with van der Waals surface area (Å²) in [5, 5.41) is 5.06. The van der Waals surface area contributed by atoms with Crippen LogP contribution in [0.3, 0.4) is 0 Å². The Labute approximate surface area is 122 Å². The van der Waals surface area contributed by atoms with E-state index in [9.17, 15) is 4.79 Å². The maximum atomic E-state index is 12.4. The summed E-state index contributed by atoms with van der Waals surface area (Å²) in [6, 6.07) is 4.46. The SMILES string of the molecule is CNc1nccc2cc(N3CCN(C4CC4)C3=O)ncc12. The highest BCUT2D eigenvalue weighted by Crippen LogP contribution is 2.32. The number of carbonyl (C=O) groups is 1. The van der Waals surface area contributed by atoms with Crippen LogP contribution in [-0.4, -0.2) is 47.1 Å². The molecule has 2 aliphatic rings. The zero-order valence-corrected chi connectivity index (χ0v) is 11.9. The Morgan fingerprint density at radius 1 is 1.29 bits per heavy atom. The standard InChI is InChI=1S/C15H17N5O/c1-16-14-12-9-18-13(8-10(12)4-5-17-14)20-7-6-19(15(20)21)11-2-3-11/h4-5,8-9,11H,2-3,6-7H2,1H3,(H,16,17). The van der Waals surface area contributed by atoms with Crippen LogP contribution in [0.5, 0.6) is 0 Å². The first-order valence-corrected chi connectivity index (χ1v) is 7.28. The molecule has 0 bridgehead atoms. The number of anilines is 2. The minimum absolute atomic E-state index is 0.0900. The predicted octanol–water partition coefficient (Wildman–Crippen LogP) is 2.08. The van der Waals surface area contributed by atoms with Crippen LogP contribution in [0, 0.1) is 0 Å². The van der Waals surface area contributed by atoms with E-state index >= 15 is 0 Å². The van der Waals surface area contributed by atoms with Crippen molar-refractivity contribution >= 4 is 28.4 Å². The number of fused-ring (bicyclic) bond motifs is 1. The maximum absolute atomic E-state index is 12.4. The second-order valence-electron chi connectivity index (χ2n) is 5.53. The van der Waals surface area contributed by atoms with Crippen LogP contribution in [0.15, 0.2) is 24.5 Å². The van der Waals surface area contributed by atoms with E-state index in [1.165, 1.54) is 0 Å². The van der Waals surface area contributed by atoms with Gasteiger partial charge in [-0.3, -0.25) is 4.90 Å². The first-order valence-electron chi connectivity index (χ1n) is 7.28. The predicted molar refractivity (Wildman–Crippen MR) is 81.6 cm³/mol. The number of nitrogens with zero attached hydrogens (tertiary/aromatic N) is 4. The molecule has 4 rings (SSSR count). The lowest BCUT2D eigenvalue weighted by atomic mass is 10.2. The molecular weight excluding hydrogens is 266 g/mol. The van der Waals surface area contributed by atoms with Crippen LogP contribution >= 0.6 is 0 Å². The number of carbonyl (C=O) groups excluding carboxylic acids is 1. The van der Waals surface area contributed by atoms with Crippen LogP contribution in [0.1, 0.15) is 12.8 Å². The summed E-state index contributed by atoms with van der Waals surface area (Å²) < 4.78 is 0. The highest BCUT2D eigenvalue weighted by atomic mass is 16.2. The topological polar surface area (TPSA) is 61.4 Å². The second kappa shape index (κ2) is 4.58. The Bertz CT molecular complexity index is 712. The Morgan fingerprint density at radius 2 is 2.14 bits per heavy atom. The van der Waals surface area contributed by atoms with Crippen molar-refractivity contribution in [3.8, 4) is 0 Å². The molecule has 0 spiro atoms. The van der Waals surface area contributed by atoms with Crippen molar-refractivity contribution in [3.63, 3.8) is 0 Å². The van der Waals surface area contributed by atoms with Gasteiger partial charge in [-0.05, 0) is 30.4 Å². The lowest BCUT2D eigenvalue weighted by Crippen LogP contribution is -2.33. The zero-order chi connectivity index (χ0) is 14.4. The summed E-state index contributed by atoms with van der Waals surface area (Å²) in [6.45, 7) is 1.53. The average Bonchev–Trinajstić information content (AvgIpc) is 3.29. The van der Waals surface area contributed by atoms with Gasteiger partial charge in [-0.2, -0.15) is 0 Å². The van der Waals surface area contributed by atoms with Gasteiger partial charge in [0.25, 0.3) is 0 Å². The molecule has 1 saturated carbocycles. The molecule has 108 valence electrons. The van der Waals surface area contributed by atoms with Crippen molar-refractivity contribution in [2.75, 3.05) is 30.4 Å². The van der Waals surface area contributed by atoms with Gasteiger partial charge in [0.15, 0.2) is 0 Å². The summed E-state index contributed by atoms with van der Waals surface area (Å²) in [6.07, 6.45) is 5.83. The second-order valence-corrected chi connectivity index (χ2v) is 5.53. The summed E-state index contributed by atoms with van der Waals surface area (Å²) in [7, 11) is 1.84. The van der Waals surface area contributed by atoms with Gasteiger partial charge in [0.1, 0.15) is 11.6 Å². The Kier molecular flexibility index (Phi) is 2.70. The van der Waals surface area contributed by atoms with Gasteiger partial charge in [-0.25, -0.2) is 14.8 Å². The van der Waals surface area contributed by atoms with Gasteiger partial charge in [0.2, 0.25) is 0 Å². The number of urea groups is 1. The van der Waals surface area contributed by atoms with Crippen molar-refractivity contribution < 1.29 is 4.79 Å². The summed E-state index contributed by atoms with van der Waals surface area (Å²) >= 11 is 0. The summed E-state index contributed by atoms with van der Waals surface area (Å²) in [5.74, 6) is 1.53. The van der Waals surface area contributed by atoms with Crippen molar-refractivity contribution in [2.45, 2.75) is 18.9 Å². The number of pyridine rings is 2. The van der Waals surface area contributed by atoms with Gasteiger partial charge in [0.05, 0.1) is 0 Å². The largest absolute Gasteiger partial charge is 0.373 e. The molecule has 2 aromatic heterocycles. The van der Waals surface area contributed by atoms with Crippen LogP contribution in [0.4, 0.5) is 16.4 Å². The fraction of sp³-hybridized carbons (Fsp3) is 0.400. The van der Waals surface area contributed by atoms with E-state index < -0.39 is 0 Å². The fourth-order valence-electron chi connectivity index (χ4n) is 2.90. The molecule has 3 heterocycles. The fourth-order valence-corrected chi connectivity index (χ4v) is 2.90. The third-order valence-electron chi connectivity index (χ3n) is 4.18. The Hall–Kier alpha value is -2.37. The molecule has 6 nitrogen and oxygen atoms in total. The summed E-state index contributed by atoms with van der Waals surface area (Å²) in [4.78, 5) is 24.9. The van der Waals surface area contributed by atoms with E-state index in [-0.39, 0.29) is 6.03 Å². The number of nitrogens with one attached hydrogen (secondary N) is 1. The van der Waals surface area contributed by atoms with Gasteiger partial charge >= 0.3 is 6.03 Å². The molecular formula is C15H17N5O. The summed E-state index contributed by atoms with van der Waals surface area (Å²) in [5.41, 5.74) is 0. The van der Waals surface area contributed by atoms with Gasteiger partial charge in [-0.15, -0.1) is 0 Å². The minimum Gasteiger partial charge on any atom is -0.373 e. The molecule has 0 unspecified atom stereocenters. The van der Waals surface area contributed by atoms with Crippen LogP contribution < -0.4 is 10.2 Å². The highest BCUT2D eigenvalue weighted by Gasteiger charge is 2.39. The lowest BCUT2D eigenvalue weighted by Gasteiger charge is -2.18. The first-order chi connectivity index (χ1) is 10.3. The molecule has 2 aromatic rings. The molecule has 0 radical (unpaired) electrons. The molecule has 0 aromatic carbocycles. The smallest absolute Gasteiger partial charge is 0.326 e. The quantitative estimate of drug-likeness (QED) is 0.937. The number of aromatic nitrogens is 2. The zero-order valence-electron chi connectivity index (χ0n) is 11.9. The van der Waals surface area contributed by atoms with Crippen LogP contribution in [0.2, 0.25) is 0 Å². The Morgan fingerprint density at radius 3 is 2.90 bits per heavy atom.